The molecule has 1 saturated heterocycles. The van der Waals surface area contributed by atoms with Crippen LogP contribution >= 0.6 is 0 Å². The summed E-state index contributed by atoms with van der Waals surface area (Å²) in [6.45, 7) is 6.07. The fraction of sp³-hybridized carbons (Fsp3) is 0.259. The Hall–Kier alpha value is -4.00. The van der Waals surface area contributed by atoms with Gasteiger partial charge in [0.25, 0.3) is 0 Å². The van der Waals surface area contributed by atoms with Gasteiger partial charge >= 0.3 is 6.03 Å². The van der Waals surface area contributed by atoms with E-state index in [-0.39, 0.29) is 12.1 Å². The summed E-state index contributed by atoms with van der Waals surface area (Å²) < 4.78 is 11.4. The van der Waals surface area contributed by atoms with Gasteiger partial charge in [-0.15, -0.1) is 0 Å². The van der Waals surface area contributed by atoms with E-state index in [4.69, 9.17) is 14.5 Å². The molecule has 2 amide bonds. The summed E-state index contributed by atoms with van der Waals surface area (Å²) in [5.74, 6) is 3.17. The van der Waals surface area contributed by atoms with Crippen LogP contribution in [0.4, 0.5) is 16.2 Å². The highest BCUT2D eigenvalue weighted by Crippen LogP contribution is 2.38. The lowest BCUT2D eigenvalue weighted by Gasteiger charge is -2.41. The number of carbonyl (C=O) groups is 1. The zero-order chi connectivity index (χ0) is 23.7. The molecular formula is C27H28N4O3. The Morgan fingerprint density at radius 1 is 1.06 bits per heavy atom. The molecule has 0 saturated carbocycles. The van der Waals surface area contributed by atoms with E-state index in [2.05, 4.69) is 36.2 Å². The fourth-order valence-corrected chi connectivity index (χ4v) is 4.40. The van der Waals surface area contributed by atoms with E-state index in [1.807, 2.05) is 59.5 Å². The minimum atomic E-state index is -0.106. The molecule has 0 bridgehead atoms. The number of nitrogens with one attached hydrogen (secondary N) is 1. The number of methoxy groups -OCH3 is 1. The van der Waals surface area contributed by atoms with E-state index in [0.29, 0.717) is 19.6 Å². The van der Waals surface area contributed by atoms with E-state index in [9.17, 15) is 4.79 Å². The second-order valence-corrected chi connectivity index (χ2v) is 8.65. The van der Waals surface area contributed by atoms with Crippen LogP contribution in [0, 0.1) is 6.92 Å². The molecule has 2 aliphatic heterocycles. The van der Waals surface area contributed by atoms with Crippen LogP contribution in [0.25, 0.3) is 0 Å². The smallest absolute Gasteiger partial charge is 0.322 e. The highest BCUT2D eigenvalue weighted by atomic mass is 16.5. The van der Waals surface area contributed by atoms with E-state index in [0.717, 1.165) is 45.6 Å². The van der Waals surface area contributed by atoms with Crippen LogP contribution in [0.5, 0.6) is 17.2 Å². The van der Waals surface area contributed by atoms with Gasteiger partial charge < -0.3 is 24.6 Å². The maximum atomic E-state index is 13.0. The van der Waals surface area contributed by atoms with Gasteiger partial charge in [-0.25, -0.2) is 9.79 Å². The molecule has 5 rings (SSSR count). The number of nitrogens with zero attached hydrogens (tertiary/aromatic N) is 3. The maximum Gasteiger partial charge on any atom is 0.322 e. The number of hydrogen-bond acceptors (Lipinski definition) is 5. The van der Waals surface area contributed by atoms with Crippen LogP contribution in [0.3, 0.4) is 0 Å². The van der Waals surface area contributed by atoms with Crippen LogP contribution in [-0.2, 0) is 0 Å². The first kappa shape index (κ1) is 21.8. The number of anilines is 1. The zero-order valence-electron chi connectivity index (χ0n) is 19.6. The lowest BCUT2D eigenvalue weighted by atomic mass is 10.1. The maximum absolute atomic E-state index is 13.0. The third-order valence-electron chi connectivity index (χ3n) is 6.22. The summed E-state index contributed by atoms with van der Waals surface area (Å²) in [4.78, 5) is 22.1. The predicted molar refractivity (Wildman–Crippen MR) is 134 cm³/mol. The number of urea groups is 1. The third-order valence-corrected chi connectivity index (χ3v) is 6.22. The van der Waals surface area contributed by atoms with Gasteiger partial charge in [0.15, 0.2) is 5.75 Å². The summed E-state index contributed by atoms with van der Waals surface area (Å²) in [7, 11) is 1.62. The van der Waals surface area contributed by atoms with Crippen molar-refractivity contribution in [3.8, 4) is 17.2 Å². The number of ether oxygens (including phenoxy) is 2. The molecule has 0 radical (unpaired) electrons. The van der Waals surface area contributed by atoms with Crippen LogP contribution in [-0.4, -0.2) is 54.5 Å². The van der Waals surface area contributed by atoms with E-state index >= 15 is 0 Å². The molecule has 174 valence electrons. The molecule has 0 spiro atoms. The molecule has 1 N–H and O–H groups in total. The summed E-state index contributed by atoms with van der Waals surface area (Å²) in [6.07, 6.45) is 0. The number of aliphatic imine (C=N–C) groups is 1. The minimum absolute atomic E-state index is 0.00220. The average molecular weight is 457 g/mol. The average Bonchev–Trinajstić information content (AvgIpc) is 3.01. The van der Waals surface area contributed by atoms with Crippen LogP contribution in [0.2, 0.25) is 0 Å². The van der Waals surface area contributed by atoms with Gasteiger partial charge in [0.1, 0.15) is 23.0 Å². The van der Waals surface area contributed by atoms with Crippen molar-refractivity contribution in [3.63, 3.8) is 0 Å². The molecule has 34 heavy (non-hydrogen) atoms. The third kappa shape index (κ3) is 4.29. The molecule has 1 atom stereocenters. The van der Waals surface area contributed by atoms with Gasteiger partial charge in [-0.1, -0.05) is 23.8 Å². The monoisotopic (exact) mass is 456 g/mol. The molecule has 0 aromatic heterocycles. The first-order chi connectivity index (χ1) is 16.5. The first-order valence-corrected chi connectivity index (χ1v) is 11.4. The molecule has 3 aromatic rings. The molecule has 3 aromatic carbocycles. The number of benzene rings is 3. The Morgan fingerprint density at radius 3 is 2.62 bits per heavy atom. The quantitative estimate of drug-likeness (QED) is 0.559. The van der Waals surface area contributed by atoms with E-state index < -0.39 is 0 Å². The number of amides is 2. The van der Waals surface area contributed by atoms with E-state index in [1.165, 1.54) is 0 Å². The van der Waals surface area contributed by atoms with Crippen molar-refractivity contribution >= 4 is 23.2 Å². The van der Waals surface area contributed by atoms with Crippen LogP contribution in [0.15, 0.2) is 71.7 Å². The predicted octanol–water partition coefficient (Wildman–Crippen LogP) is 5.43. The van der Waals surface area contributed by atoms with E-state index in [1.54, 1.807) is 7.11 Å². The van der Waals surface area contributed by atoms with Gasteiger partial charge in [-0.2, -0.15) is 0 Å². The lowest BCUT2D eigenvalue weighted by molar-refractivity contribution is 0.145. The van der Waals surface area contributed by atoms with Crippen molar-refractivity contribution in [2.75, 3.05) is 32.1 Å². The number of aryl methyl sites for hydroxylation is 1. The number of hydrogen-bond donors (Lipinski definition) is 1. The standard InChI is InChI=1S/C27H28N4O3/c1-18-8-13-24-22(16-18)26(29-23-6-4-5-7-25(23)34-24)30-14-15-31(19(2)17-30)27(32)28-20-9-11-21(33-3)12-10-20/h4-13,16,19H,14-15,17H2,1-3H3,(H,28,32). The molecule has 2 heterocycles. The molecule has 7 heteroatoms. The van der Waals surface area contributed by atoms with Crippen molar-refractivity contribution in [2.24, 2.45) is 4.99 Å². The minimum Gasteiger partial charge on any atom is -0.497 e. The van der Waals surface area contributed by atoms with Crippen molar-refractivity contribution < 1.29 is 14.3 Å². The highest BCUT2D eigenvalue weighted by molar-refractivity contribution is 6.04. The van der Waals surface area contributed by atoms with Crippen molar-refractivity contribution in [2.45, 2.75) is 19.9 Å². The lowest BCUT2D eigenvalue weighted by Crippen LogP contribution is -2.56. The van der Waals surface area contributed by atoms with Gasteiger partial charge in [0, 0.05) is 31.4 Å². The Bertz CT molecular complexity index is 1240. The Morgan fingerprint density at radius 2 is 1.85 bits per heavy atom. The number of piperazine rings is 1. The van der Waals surface area contributed by atoms with Gasteiger partial charge in [-0.3, -0.25) is 0 Å². The second kappa shape index (κ2) is 9.09. The largest absolute Gasteiger partial charge is 0.497 e. The first-order valence-electron chi connectivity index (χ1n) is 11.4. The fourth-order valence-electron chi connectivity index (χ4n) is 4.40. The molecule has 1 unspecified atom stereocenters. The summed E-state index contributed by atoms with van der Waals surface area (Å²) >= 11 is 0. The number of fused-ring (bicyclic) bond motifs is 2. The second-order valence-electron chi connectivity index (χ2n) is 8.65. The van der Waals surface area contributed by atoms with Crippen molar-refractivity contribution in [1.29, 1.82) is 0 Å². The summed E-state index contributed by atoms with van der Waals surface area (Å²) in [5.41, 5.74) is 3.66. The van der Waals surface area contributed by atoms with Gasteiger partial charge in [0.2, 0.25) is 0 Å². The Kier molecular flexibility index (Phi) is 5.84. The molecule has 1 fully saturated rings. The molecule has 7 nitrogen and oxygen atoms in total. The van der Waals surface area contributed by atoms with Crippen LogP contribution < -0.4 is 14.8 Å². The number of carbonyl (C=O) groups excluding carboxylic acids is 1. The zero-order valence-corrected chi connectivity index (χ0v) is 19.6. The Labute approximate surface area is 199 Å². The number of para-hydroxylation sites is 2. The van der Waals surface area contributed by atoms with Gasteiger partial charge in [-0.05, 0) is 62.4 Å². The van der Waals surface area contributed by atoms with Crippen molar-refractivity contribution in [3.05, 3.63) is 77.9 Å². The number of rotatable bonds is 2. The number of amidine groups is 1. The molecular weight excluding hydrogens is 428 g/mol. The normalized spacial score (nSPS) is 17.0. The molecule has 2 aliphatic rings. The van der Waals surface area contributed by atoms with Gasteiger partial charge in [0.05, 0.1) is 12.7 Å². The van der Waals surface area contributed by atoms with Crippen LogP contribution in [0.1, 0.15) is 18.1 Å². The SMILES string of the molecule is COc1ccc(NC(=O)N2CCN(C3=Nc4ccccc4Oc4ccc(C)cc43)CC2C)cc1. The molecule has 0 aliphatic carbocycles. The summed E-state index contributed by atoms with van der Waals surface area (Å²) in [6, 6.07) is 21.2. The highest BCUT2D eigenvalue weighted by Gasteiger charge is 2.31. The van der Waals surface area contributed by atoms with Crippen molar-refractivity contribution in [1.82, 2.24) is 9.80 Å². The topological polar surface area (TPSA) is 66.4 Å². The Balaban J connectivity index is 1.37. The summed E-state index contributed by atoms with van der Waals surface area (Å²) in [5, 5.41) is 3.00.